The molecule has 0 aliphatic carbocycles. The van der Waals surface area contributed by atoms with Gasteiger partial charge in [0.2, 0.25) is 0 Å². The van der Waals surface area contributed by atoms with Crippen LogP contribution in [0.3, 0.4) is 0 Å². The highest BCUT2D eigenvalue weighted by atomic mass is 16.5. The number of ether oxygens (including phenoxy) is 2. The summed E-state index contributed by atoms with van der Waals surface area (Å²) >= 11 is 0. The molecule has 0 saturated heterocycles. The lowest BCUT2D eigenvalue weighted by Gasteiger charge is -2.13. The minimum Gasteiger partial charge on any atom is -0.381 e. The molecule has 0 amide bonds. The fourth-order valence-corrected chi connectivity index (χ4v) is 3.16. The number of rotatable bonds is 21. The van der Waals surface area contributed by atoms with E-state index in [9.17, 15) is 0 Å². The molecular formula is C23H48O2. The summed E-state index contributed by atoms with van der Waals surface area (Å²) in [5, 5.41) is 0. The van der Waals surface area contributed by atoms with Gasteiger partial charge in [0.25, 0.3) is 0 Å². The summed E-state index contributed by atoms with van der Waals surface area (Å²) in [5.41, 5.74) is 0. The molecular weight excluding hydrogens is 308 g/mol. The first-order chi connectivity index (χ1) is 12.3. The monoisotopic (exact) mass is 356 g/mol. The third-order valence-electron chi connectivity index (χ3n) is 4.94. The Hall–Kier alpha value is -0.0800. The first-order valence-corrected chi connectivity index (χ1v) is 11.5. The van der Waals surface area contributed by atoms with Crippen LogP contribution in [-0.2, 0) is 9.47 Å². The summed E-state index contributed by atoms with van der Waals surface area (Å²) in [7, 11) is 0. The Labute approximate surface area is 159 Å². The van der Waals surface area contributed by atoms with Gasteiger partial charge in [0.15, 0.2) is 0 Å². The highest BCUT2D eigenvalue weighted by Crippen LogP contribution is 2.09. The van der Waals surface area contributed by atoms with Gasteiger partial charge in [-0.25, -0.2) is 0 Å². The Morgan fingerprint density at radius 2 is 0.960 bits per heavy atom. The van der Waals surface area contributed by atoms with Crippen LogP contribution in [0.1, 0.15) is 124 Å². The largest absolute Gasteiger partial charge is 0.381 e. The lowest BCUT2D eigenvalue weighted by molar-refractivity contribution is 0.0462. The molecule has 0 fully saturated rings. The second-order valence-electron chi connectivity index (χ2n) is 7.68. The molecule has 1 atom stereocenters. The van der Waals surface area contributed by atoms with E-state index in [4.69, 9.17) is 9.47 Å². The van der Waals surface area contributed by atoms with Crippen molar-refractivity contribution < 1.29 is 9.47 Å². The van der Waals surface area contributed by atoms with Crippen molar-refractivity contribution >= 4 is 0 Å². The van der Waals surface area contributed by atoms with E-state index in [1.54, 1.807) is 0 Å². The molecule has 152 valence electrons. The topological polar surface area (TPSA) is 18.5 Å². The molecule has 0 rings (SSSR count). The summed E-state index contributed by atoms with van der Waals surface area (Å²) in [4.78, 5) is 0. The van der Waals surface area contributed by atoms with E-state index in [1.165, 1.54) is 89.9 Å². The van der Waals surface area contributed by atoms with Crippen molar-refractivity contribution in [2.24, 2.45) is 0 Å². The number of hydrogen-bond donors (Lipinski definition) is 0. The van der Waals surface area contributed by atoms with Gasteiger partial charge < -0.3 is 9.47 Å². The minimum absolute atomic E-state index is 0.391. The van der Waals surface area contributed by atoms with Gasteiger partial charge in [-0.15, -0.1) is 0 Å². The summed E-state index contributed by atoms with van der Waals surface area (Å²) in [6.45, 7) is 9.54. The van der Waals surface area contributed by atoms with Crippen LogP contribution in [0, 0.1) is 0 Å². The van der Waals surface area contributed by atoms with Gasteiger partial charge in [0.05, 0.1) is 6.10 Å². The van der Waals surface area contributed by atoms with Crippen LogP contribution >= 0.6 is 0 Å². The number of unbranched alkanes of at least 4 members (excludes halogenated alkanes) is 12. The van der Waals surface area contributed by atoms with E-state index in [0.717, 1.165) is 32.7 Å². The smallest absolute Gasteiger partial charge is 0.0547 e. The van der Waals surface area contributed by atoms with Crippen LogP contribution in [0.25, 0.3) is 0 Å². The second kappa shape index (κ2) is 22.0. The first kappa shape index (κ1) is 24.9. The van der Waals surface area contributed by atoms with Gasteiger partial charge in [0.1, 0.15) is 0 Å². The molecule has 25 heavy (non-hydrogen) atoms. The van der Waals surface area contributed by atoms with Gasteiger partial charge in [-0.1, -0.05) is 90.9 Å². The van der Waals surface area contributed by atoms with Crippen molar-refractivity contribution in [1.29, 1.82) is 0 Å². The molecule has 0 aromatic heterocycles. The summed E-state index contributed by atoms with van der Waals surface area (Å²) in [5.74, 6) is 0. The maximum Gasteiger partial charge on any atom is 0.0547 e. The summed E-state index contributed by atoms with van der Waals surface area (Å²) in [6, 6.07) is 0. The van der Waals surface area contributed by atoms with Crippen LogP contribution in [0.15, 0.2) is 0 Å². The zero-order valence-corrected chi connectivity index (χ0v) is 17.8. The third kappa shape index (κ3) is 21.9. The average molecular weight is 357 g/mol. The minimum atomic E-state index is 0.391. The van der Waals surface area contributed by atoms with E-state index in [2.05, 4.69) is 20.8 Å². The Bertz CT molecular complexity index is 230. The fourth-order valence-electron chi connectivity index (χ4n) is 3.16. The van der Waals surface area contributed by atoms with Crippen LogP contribution in [-0.4, -0.2) is 25.9 Å². The molecule has 2 heteroatoms. The molecule has 0 bridgehead atoms. The summed E-state index contributed by atoms with van der Waals surface area (Å²) < 4.78 is 11.7. The zero-order valence-electron chi connectivity index (χ0n) is 17.8. The molecule has 0 aliphatic heterocycles. The molecule has 0 spiro atoms. The van der Waals surface area contributed by atoms with Crippen molar-refractivity contribution in [3.63, 3.8) is 0 Å². The Morgan fingerprint density at radius 3 is 1.52 bits per heavy atom. The highest BCUT2D eigenvalue weighted by molar-refractivity contribution is 4.52. The van der Waals surface area contributed by atoms with Crippen LogP contribution in [0.2, 0.25) is 0 Å². The third-order valence-corrected chi connectivity index (χ3v) is 4.94. The average Bonchev–Trinajstić information content (AvgIpc) is 2.62. The van der Waals surface area contributed by atoms with E-state index in [0.29, 0.717) is 6.10 Å². The van der Waals surface area contributed by atoms with Crippen molar-refractivity contribution in [3.8, 4) is 0 Å². The van der Waals surface area contributed by atoms with Crippen molar-refractivity contribution in [1.82, 2.24) is 0 Å². The fraction of sp³-hybridized carbons (Fsp3) is 1.00. The molecule has 1 unspecified atom stereocenters. The van der Waals surface area contributed by atoms with E-state index < -0.39 is 0 Å². The normalized spacial score (nSPS) is 12.6. The molecule has 0 heterocycles. The van der Waals surface area contributed by atoms with Crippen LogP contribution in [0.5, 0.6) is 0 Å². The molecule has 0 radical (unpaired) electrons. The van der Waals surface area contributed by atoms with Crippen molar-refractivity contribution in [2.45, 2.75) is 130 Å². The predicted molar refractivity (Wildman–Crippen MR) is 111 cm³/mol. The Balaban J connectivity index is 3.11. The SMILES string of the molecule is CCCCCCCCCOCCCC(C)OCCCCCCCCC. The number of hydrogen-bond acceptors (Lipinski definition) is 2. The molecule has 0 saturated carbocycles. The predicted octanol–water partition coefficient (Wildman–Crippen LogP) is 7.69. The van der Waals surface area contributed by atoms with Gasteiger partial charge in [-0.3, -0.25) is 0 Å². The second-order valence-corrected chi connectivity index (χ2v) is 7.68. The molecule has 0 aromatic carbocycles. The van der Waals surface area contributed by atoms with Crippen LogP contribution in [0.4, 0.5) is 0 Å². The molecule has 0 aliphatic rings. The standard InChI is InChI=1S/C23H48O2/c1-4-6-8-10-12-14-16-20-24-21-18-19-23(3)25-22-17-15-13-11-9-7-5-2/h23H,4-22H2,1-3H3. The zero-order chi connectivity index (χ0) is 18.4. The van der Waals surface area contributed by atoms with E-state index in [-0.39, 0.29) is 0 Å². The lowest BCUT2D eigenvalue weighted by atomic mass is 10.1. The molecule has 2 nitrogen and oxygen atoms in total. The lowest BCUT2D eigenvalue weighted by Crippen LogP contribution is -2.10. The van der Waals surface area contributed by atoms with Gasteiger partial charge in [0, 0.05) is 19.8 Å². The Morgan fingerprint density at radius 1 is 0.520 bits per heavy atom. The quantitative estimate of drug-likeness (QED) is 0.196. The molecule has 0 aromatic rings. The van der Waals surface area contributed by atoms with E-state index in [1.807, 2.05) is 0 Å². The van der Waals surface area contributed by atoms with Crippen molar-refractivity contribution in [2.75, 3.05) is 19.8 Å². The highest BCUT2D eigenvalue weighted by Gasteiger charge is 2.02. The van der Waals surface area contributed by atoms with Crippen LogP contribution < -0.4 is 0 Å². The first-order valence-electron chi connectivity index (χ1n) is 11.5. The van der Waals surface area contributed by atoms with E-state index >= 15 is 0 Å². The van der Waals surface area contributed by atoms with Gasteiger partial charge in [-0.2, -0.15) is 0 Å². The van der Waals surface area contributed by atoms with Gasteiger partial charge in [-0.05, 0) is 32.6 Å². The van der Waals surface area contributed by atoms with Crippen molar-refractivity contribution in [3.05, 3.63) is 0 Å². The maximum atomic E-state index is 5.91. The van der Waals surface area contributed by atoms with Gasteiger partial charge >= 0.3 is 0 Å². The maximum absolute atomic E-state index is 5.91. The molecule has 0 N–H and O–H groups in total. The Kier molecular flexibility index (Phi) is 21.9. The summed E-state index contributed by atoms with van der Waals surface area (Å²) in [6.07, 6.45) is 21.6.